The Hall–Kier alpha value is -2.96. The summed E-state index contributed by atoms with van der Waals surface area (Å²) >= 11 is 0. The number of aryl methyl sites for hydroxylation is 1. The zero-order valence-electron chi connectivity index (χ0n) is 15.4. The van der Waals surface area contributed by atoms with Gasteiger partial charge in [0.2, 0.25) is 11.8 Å². The van der Waals surface area contributed by atoms with Crippen molar-refractivity contribution in [2.24, 2.45) is 11.8 Å². The number of amides is 3. The molecule has 3 rings (SSSR count). The van der Waals surface area contributed by atoms with E-state index in [1.807, 2.05) is 38.1 Å². The van der Waals surface area contributed by atoms with Gasteiger partial charge in [0.1, 0.15) is 6.54 Å². The molecule has 1 N–H and O–H groups in total. The molecule has 7 nitrogen and oxygen atoms in total. The molecule has 1 aromatic rings. The van der Waals surface area contributed by atoms with Crippen molar-refractivity contribution in [3.05, 3.63) is 41.5 Å². The maximum absolute atomic E-state index is 12.3. The standard InChI is InChI=1S/C20H22N2O5/c1-12-6-5-9-16(13(12)2)21-17(23)11-27-18(24)10-22-19(25)14-7-3-4-8-15(14)20(22)26/h3-6,9,14-15H,7-8,10-11H2,1-2H3,(H,21,23)/t14-,15-/m1/s1. The second-order valence-corrected chi connectivity index (χ2v) is 6.87. The fourth-order valence-electron chi connectivity index (χ4n) is 3.42. The topological polar surface area (TPSA) is 92.8 Å². The van der Waals surface area contributed by atoms with Gasteiger partial charge in [0.05, 0.1) is 11.8 Å². The van der Waals surface area contributed by atoms with Gasteiger partial charge in [-0.15, -0.1) is 0 Å². The van der Waals surface area contributed by atoms with Crippen LogP contribution >= 0.6 is 0 Å². The molecule has 0 aromatic heterocycles. The predicted molar refractivity (Wildman–Crippen MR) is 97.6 cm³/mol. The zero-order valence-corrected chi connectivity index (χ0v) is 15.4. The highest BCUT2D eigenvalue weighted by molar-refractivity contribution is 6.07. The Morgan fingerprint density at radius 1 is 1.11 bits per heavy atom. The number of anilines is 1. The minimum Gasteiger partial charge on any atom is -0.454 e. The van der Waals surface area contributed by atoms with E-state index in [2.05, 4.69) is 5.32 Å². The number of benzene rings is 1. The van der Waals surface area contributed by atoms with Crippen LogP contribution in [-0.2, 0) is 23.9 Å². The first kappa shape index (κ1) is 18.8. The molecule has 1 aliphatic carbocycles. The number of nitrogens with one attached hydrogen (secondary N) is 1. The average Bonchev–Trinajstić information content (AvgIpc) is 2.89. The van der Waals surface area contributed by atoms with Gasteiger partial charge in [0.15, 0.2) is 6.61 Å². The van der Waals surface area contributed by atoms with Gasteiger partial charge >= 0.3 is 5.97 Å². The van der Waals surface area contributed by atoms with Crippen LogP contribution in [0.1, 0.15) is 24.0 Å². The van der Waals surface area contributed by atoms with Crippen LogP contribution in [0, 0.1) is 25.7 Å². The van der Waals surface area contributed by atoms with E-state index in [1.54, 1.807) is 6.07 Å². The van der Waals surface area contributed by atoms with E-state index in [-0.39, 0.29) is 23.7 Å². The molecule has 27 heavy (non-hydrogen) atoms. The number of allylic oxidation sites excluding steroid dienone is 2. The average molecular weight is 370 g/mol. The highest BCUT2D eigenvalue weighted by Crippen LogP contribution is 2.34. The lowest BCUT2D eigenvalue weighted by atomic mass is 9.85. The first-order chi connectivity index (χ1) is 12.9. The third-order valence-electron chi connectivity index (χ3n) is 5.13. The van der Waals surface area contributed by atoms with Gasteiger partial charge in [-0.05, 0) is 43.9 Å². The highest BCUT2D eigenvalue weighted by Gasteiger charge is 2.47. The first-order valence-corrected chi connectivity index (χ1v) is 8.90. The summed E-state index contributed by atoms with van der Waals surface area (Å²) in [4.78, 5) is 49.6. The van der Waals surface area contributed by atoms with Gasteiger partial charge in [-0.25, -0.2) is 0 Å². The molecule has 2 atom stereocenters. The molecule has 1 saturated heterocycles. The Labute approximate surface area is 157 Å². The van der Waals surface area contributed by atoms with E-state index in [1.165, 1.54) is 0 Å². The van der Waals surface area contributed by atoms with Crippen LogP contribution in [-0.4, -0.2) is 41.7 Å². The Kier molecular flexibility index (Phi) is 5.39. The maximum atomic E-state index is 12.3. The molecule has 1 heterocycles. The van der Waals surface area contributed by atoms with E-state index in [0.717, 1.165) is 16.0 Å². The second kappa shape index (κ2) is 7.73. The molecule has 3 amide bonds. The highest BCUT2D eigenvalue weighted by atomic mass is 16.5. The number of hydrogen-bond acceptors (Lipinski definition) is 5. The van der Waals surface area contributed by atoms with Crippen LogP contribution in [0.5, 0.6) is 0 Å². The van der Waals surface area contributed by atoms with Crippen molar-refractivity contribution in [2.75, 3.05) is 18.5 Å². The zero-order chi connectivity index (χ0) is 19.6. The van der Waals surface area contributed by atoms with Crippen LogP contribution in [0.25, 0.3) is 0 Å². The fourth-order valence-corrected chi connectivity index (χ4v) is 3.42. The third-order valence-corrected chi connectivity index (χ3v) is 5.13. The Bertz CT molecular complexity index is 804. The molecule has 0 bridgehead atoms. The monoisotopic (exact) mass is 370 g/mol. The number of nitrogens with zero attached hydrogens (tertiary/aromatic N) is 1. The lowest BCUT2D eigenvalue weighted by molar-refractivity contribution is -0.154. The van der Waals surface area contributed by atoms with Crippen LogP contribution in [0.3, 0.4) is 0 Å². The second-order valence-electron chi connectivity index (χ2n) is 6.87. The molecule has 0 unspecified atom stereocenters. The predicted octanol–water partition coefficient (Wildman–Crippen LogP) is 1.74. The number of ether oxygens (including phenoxy) is 1. The van der Waals surface area contributed by atoms with Gasteiger partial charge in [-0.2, -0.15) is 0 Å². The van der Waals surface area contributed by atoms with Crippen molar-refractivity contribution in [3.63, 3.8) is 0 Å². The molecule has 0 saturated carbocycles. The summed E-state index contributed by atoms with van der Waals surface area (Å²) in [7, 11) is 0. The largest absolute Gasteiger partial charge is 0.454 e. The molecular formula is C20H22N2O5. The Balaban J connectivity index is 1.51. The fraction of sp³-hybridized carbons (Fsp3) is 0.400. The SMILES string of the molecule is Cc1cccc(NC(=O)COC(=O)CN2C(=O)[C@@H]3CC=CC[C@H]3C2=O)c1C. The number of likely N-dealkylation sites (tertiary alicyclic amines) is 1. The van der Waals surface area contributed by atoms with E-state index >= 15 is 0 Å². The van der Waals surface area contributed by atoms with Gasteiger partial charge in [-0.1, -0.05) is 24.3 Å². The molecule has 1 aliphatic heterocycles. The molecule has 142 valence electrons. The molecule has 2 aliphatic rings. The number of fused-ring (bicyclic) bond motifs is 1. The van der Waals surface area contributed by atoms with Gasteiger partial charge in [-0.3, -0.25) is 24.1 Å². The quantitative estimate of drug-likeness (QED) is 0.484. The molecule has 1 fully saturated rings. The minimum absolute atomic E-state index is 0.342. The normalized spacial score (nSPS) is 21.2. The summed E-state index contributed by atoms with van der Waals surface area (Å²) in [6.07, 6.45) is 4.79. The summed E-state index contributed by atoms with van der Waals surface area (Å²) in [5.41, 5.74) is 2.62. The molecular weight excluding hydrogens is 348 g/mol. The summed E-state index contributed by atoms with van der Waals surface area (Å²) < 4.78 is 4.95. The van der Waals surface area contributed by atoms with Crippen molar-refractivity contribution < 1.29 is 23.9 Å². The van der Waals surface area contributed by atoms with E-state index in [0.29, 0.717) is 18.5 Å². The Morgan fingerprint density at radius 2 is 1.74 bits per heavy atom. The van der Waals surface area contributed by atoms with Crippen molar-refractivity contribution in [1.29, 1.82) is 0 Å². The summed E-state index contributed by atoms with van der Waals surface area (Å²) in [6, 6.07) is 5.52. The first-order valence-electron chi connectivity index (χ1n) is 8.90. The number of rotatable bonds is 5. The number of carbonyl (C=O) groups is 4. The van der Waals surface area contributed by atoms with Gasteiger partial charge in [0, 0.05) is 5.69 Å². The molecule has 1 aromatic carbocycles. The maximum Gasteiger partial charge on any atom is 0.326 e. The van der Waals surface area contributed by atoms with Crippen LogP contribution < -0.4 is 5.32 Å². The van der Waals surface area contributed by atoms with Crippen molar-refractivity contribution >= 4 is 29.4 Å². The molecule has 7 heteroatoms. The smallest absolute Gasteiger partial charge is 0.326 e. The summed E-state index contributed by atoms with van der Waals surface area (Å²) in [5, 5.41) is 2.69. The number of carbonyl (C=O) groups excluding carboxylic acids is 4. The van der Waals surface area contributed by atoms with Crippen LogP contribution in [0.2, 0.25) is 0 Å². The van der Waals surface area contributed by atoms with E-state index in [9.17, 15) is 19.2 Å². The van der Waals surface area contributed by atoms with Crippen LogP contribution in [0.4, 0.5) is 5.69 Å². The van der Waals surface area contributed by atoms with Crippen molar-refractivity contribution in [1.82, 2.24) is 4.90 Å². The number of esters is 1. The van der Waals surface area contributed by atoms with Crippen LogP contribution in [0.15, 0.2) is 30.4 Å². The lowest BCUT2D eigenvalue weighted by Crippen LogP contribution is -2.37. The lowest BCUT2D eigenvalue weighted by Gasteiger charge is -2.14. The van der Waals surface area contributed by atoms with E-state index in [4.69, 9.17) is 4.74 Å². The summed E-state index contributed by atoms with van der Waals surface area (Å²) in [5.74, 6) is -2.71. The van der Waals surface area contributed by atoms with Crippen molar-refractivity contribution in [2.45, 2.75) is 26.7 Å². The minimum atomic E-state index is -0.778. The number of hydrogen-bond donors (Lipinski definition) is 1. The molecule has 0 spiro atoms. The molecule has 0 radical (unpaired) electrons. The summed E-state index contributed by atoms with van der Waals surface area (Å²) in [6.45, 7) is 2.89. The van der Waals surface area contributed by atoms with Gasteiger partial charge < -0.3 is 10.1 Å². The Morgan fingerprint density at radius 3 is 2.37 bits per heavy atom. The van der Waals surface area contributed by atoms with Gasteiger partial charge in [0.25, 0.3) is 5.91 Å². The van der Waals surface area contributed by atoms with Crippen molar-refractivity contribution in [3.8, 4) is 0 Å². The number of imide groups is 1. The third kappa shape index (κ3) is 3.92. The van der Waals surface area contributed by atoms with E-state index < -0.39 is 25.0 Å².